The molecule has 6 nitrogen and oxygen atoms in total. The molecule has 2 rings (SSSR count). The smallest absolute Gasteiger partial charge is 0.275 e. The molecule has 0 spiro atoms. The first-order chi connectivity index (χ1) is 9.99. The zero-order valence-corrected chi connectivity index (χ0v) is 13.3. The van der Waals surface area contributed by atoms with Gasteiger partial charge in [0.1, 0.15) is 0 Å². The van der Waals surface area contributed by atoms with Gasteiger partial charge in [-0.25, -0.2) is 0 Å². The average molecular weight is 351 g/mol. The van der Waals surface area contributed by atoms with Gasteiger partial charge < -0.3 is 10.2 Å². The van der Waals surface area contributed by atoms with Gasteiger partial charge in [-0.2, -0.15) is 5.10 Å². The van der Waals surface area contributed by atoms with E-state index in [0.717, 1.165) is 5.69 Å². The second-order valence-corrected chi connectivity index (χ2v) is 5.38. The molecular formula is C14H15BrN4O2. The third kappa shape index (κ3) is 3.69. The van der Waals surface area contributed by atoms with E-state index in [4.69, 9.17) is 0 Å². The van der Waals surface area contributed by atoms with Crippen molar-refractivity contribution in [2.24, 2.45) is 0 Å². The maximum atomic E-state index is 12.2. The Morgan fingerprint density at radius 1 is 1.33 bits per heavy atom. The molecule has 1 aromatic carbocycles. The van der Waals surface area contributed by atoms with E-state index in [9.17, 15) is 9.59 Å². The Kier molecular flexibility index (Phi) is 4.74. The molecule has 2 aromatic rings. The van der Waals surface area contributed by atoms with Gasteiger partial charge in [-0.05, 0) is 35.0 Å². The summed E-state index contributed by atoms with van der Waals surface area (Å²) >= 11 is 3.30. The van der Waals surface area contributed by atoms with Crippen molar-refractivity contribution in [1.82, 2.24) is 15.1 Å². The van der Waals surface area contributed by atoms with Crippen molar-refractivity contribution in [1.29, 1.82) is 0 Å². The molecule has 1 heterocycles. The highest BCUT2D eigenvalue weighted by Crippen LogP contribution is 2.19. The molecule has 0 saturated heterocycles. The van der Waals surface area contributed by atoms with Crippen molar-refractivity contribution in [3.63, 3.8) is 0 Å². The van der Waals surface area contributed by atoms with E-state index >= 15 is 0 Å². The Morgan fingerprint density at radius 2 is 2.00 bits per heavy atom. The fourth-order valence-electron chi connectivity index (χ4n) is 1.75. The number of anilines is 1. The summed E-state index contributed by atoms with van der Waals surface area (Å²) in [6, 6.07) is 9.09. The van der Waals surface area contributed by atoms with Crippen molar-refractivity contribution in [2.75, 3.05) is 18.9 Å². The number of hydrogen-bond donors (Lipinski definition) is 2. The minimum atomic E-state index is -0.325. The quantitative estimate of drug-likeness (QED) is 0.886. The fourth-order valence-corrected chi connectivity index (χ4v) is 2.09. The summed E-state index contributed by atoms with van der Waals surface area (Å²) in [7, 11) is 1.56. The van der Waals surface area contributed by atoms with Crippen LogP contribution >= 0.6 is 15.9 Å². The van der Waals surface area contributed by atoms with Crippen LogP contribution in [0.15, 0.2) is 34.8 Å². The van der Waals surface area contributed by atoms with Gasteiger partial charge in [0.15, 0.2) is 5.69 Å². The number of rotatable bonds is 4. The molecule has 0 atom stereocenters. The van der Waals surface area contributed by atoms with E-state index in [1.54, 1.807) is 26.1 Å². The first-order valence-electron chi connectivity index (χ1n) is 6.30. The number of carbonyl (C=O) groups excluding carboxylic acids is 2. The van der Waals surface area contributed by atoms with Crippen LogP contribution in [0.4, 0.5) is 5.69 Å². The lowest BCUT2D eigenvalue weighted by molar-refractivity contribution is -0.116. The number of amides is 2. The Morgan fingerprint density at radius 3 is 2.57 bits per heavy atom. The van der Waals surface area contributed by atoms with E-state index in [2.05, 4.69) is 31.4 Å². The van der Waals surface area contributed by atoms with Gasteiger partial charge in [-0.1, -0.05) is 18.2 Å². The van der Waals surface area contributed by atoms with Crippen LogP contribution in [-0.2, 0) is 4.79 Å². The molecule has 0 aliphatic rings. The second-order valence-electron chi connectivity index (χ2n) is 4.59. The number of aromatic amines is 1. The zero-order chi connectivity index (χ0) is 15.4. The van der Waals surface area contributed by atoms with Crippen LogP contribution in [0.3, 0.4) is 0 Å². The maximum Gasteiger partial charge on any atom is 0.275 e. The predicted molar refractivity (Wildman–Crippen MR) is 83.1 cm³/mol. The van der Waals surface area contributed by atoms with E-state index in [-0.39, 0.29) is 24.1 Å². The second kappa shape index (κ2) is 6.53. The van der Waals surface area contributed by atoms with Gasteiger partial charge in [-0.3, -0.25) is 14.7 Å². The molecule has 1 aromatic heterocycles. The molecule has 7 heteroatoms. The molecule has 0 aliphatic heterocycles. The Balaban J connectivity index is 1.98. The summed E-state index contributed by atoms with van der Waals surface area (Å²) in [6.07, 6.45) is 0. The fraction of sp³-hybridized carbons (Fsp3) is 0.214. The van der Waals surface area contributed by atoms with Crippen molar-refractivity contribution >= 4 is 33.4 Å². The van der Waals surface area contributed by atoms with E-state index in [0.29, 0.717) is 10.2 Å². The number of hydrogen-bond acceptors (Lipinski definition) is 3. The third-order valence-electron chi connectivity index (χ3n) is 2.86. The van der Waals surface area contributed by atoms with E-state index < -0.39 is 0 Å². The highest BCUT2D eigenvalue weighted by atomic mass is 79.9. The molecule has 0 fully saturated rings. The zero-order valence-electron chi connectivity index (χ0n) is 11.7. The Bertz CT molecular complexity index is 654. The highest BCUT2D eigenvalue weighted by molar-refractivity contribution is 9.10. The minimum Gasteiger partial charge on any atom is -0.331 e. The van der Waals surface area contributed by atoms with Crippen molar-refractivity contribution < 1.29 is 9.59 Å². The number of aryl methyl sites for hydroxylation is 1. The number of benzene rings is 1. The van der Waals surface area contributed by atoms with Gasteiger partial charge in [0.05, 0.1) is 11.0 Å². The van der Waals surface area contributed by atoms with Crippen LogP contribution < -0.4 is 5.32 Å². The largest absolute Gasteiger partial charge is 0.331 e. The molecule has 0 saturated carbocycles. The van der Waals surface area contributed by atoms with Crippen LogP contribution in [0.2, 0.25) is 0 Å². The minimum absolute atomic E-state index is 0.0495. The van der Waals surface area contributed by atoms with Gasteiger partial charge in [0.25, 0.3) is 5.91 Å². The van der Waals surface area contributed by atoms with Gasteiger partial charge in [0, 0.05) is 18.4 Å². The van der Waals surface area contributed by atoms with Crippen LogP contribution in [-0.4, -0.2) is 40.5 Å². The Labute approximate surface area is 130 Å². The van der Waals surface area contributed by atoms with Gasteiger partial charge >= 0.3 is 0 Å². The monoisotopic (exact) mass is 350 g/mol. The van der Waals surface area contributed by atoms with Gasteiger partial charge in [-0.15, -0.1) is 0 Å². The summed E-state index contributed by atoms with van der Waals surface area (Å²) in [4.78, 5) is 25.4. The molecule has 0 radical (unpaired) electrons. The number of halogens is 1. The summed E-state index contributed by atoms with van der Waals surface area (Å²) in [5, 5.41) is 9.38. The van der Waals surface area contributed by atoms with Crippen molar-refractivity contribution in [3.8, 4) is 0 Å². The molecule has 0 unspecified atom stereocenters. The lowest BCUT2D eigenvalue weighted by Crippen LogP contribution is -2.35. The summed E-state index contributed by atoms with van der Waals surface area (Å²) in [5.41, 5.74) is 1.73. The number of likely N-dealkylation sites (N-methyl/N-ethyl adjacent to an activating group) is 1. The number of nitrogens with zero attached hydrogens (tertiary/aromatic N) is 2. The van der Waals surface area contributed by atoms with E-state index in [1.165, 1.54) is 4.90 Å². The van der Waals surface area contributed by atoms with Crippen molar-refractivity contribution in [3.05, 3.63) is 46.2 Å². The first kappa shape index (κ1) is 15.2. The van der Waals surface area contributed by atoms with Crippen LogP contribution in [0, 0.1) is 6.92 Å². The molecule has 2 N–H and O–H groups in total. The van der Waals surface area contributed by atoms with E-state index in [1.807, 2.05) is 18.2 Å². The number of nitrogens with one attached hydrogen (secondary N) is 2. The standard InChI is InChI=1S/C14H15BrN4O2/c1-9-12(15)13(18-17-9)14(21)19(2)8-11(20)16-10-6-4-3-5-7-10/h3-7H,8H2,1-2H3,(H,16,20)(H,17,18). The maximum absolute atomic E-state index is 12.2. The highest BCUT2D eigenvalue weighted by Gasteiger charge is 2.21. The number of H-pyrrole nitrogens is 1. The normalized spacial score (nSPS) is 10.2. The average Bonchev–Trinajstić information content (AvgIpc) is 2.79. The number of aromatic nitrogens is 2. The molecule has 2 amide bonds. The van der Waals surface area contributed by atoms with Crippen molar-refractivity contribution in [2.45, 2.75) is 6.92 Å². The lowest BCUT2D eigenvalue weighted by atomic mass is 10.3. The summed E-state index contributed by atoms with van der Waals surface area (Å²) in [6.45, 7) is 1.75. The predicted octanol–water partition coefficient (Wildman–Crippen LogP) is 2.19. The molecule has 110 valence electrons. The topological polar surface area (TPSA) is 78.1 Å². The SMILES string of the molecule is Cc1[nH]nc(C(=O)N(C)CC(=O)Nc2ccccc2)c1Br. The summed E-state index contributed by atoms with van der Waals surface area (Å²) < 4.78 is 0.614. The third-order valence-corrected chi connectivity index (χ3v) is 3.83. The van der Waals surface area contributed by atoms with Gasteiger partial charge in [0.2, 0.25) is 5.91 Å². The van der Waals surface area contributed by atoms with Crippen LogP contribution in [0.25, 0.3) is 0 Å². The van der Waals surface area contributed by atoms with Crippen LogP contribution in [0.5, 0.6) is 0 Å². The Hall–Kier alpha value is -2.15. The number of para-hydroxylation sites is 1. The summed E-state index contributed by atoms with van der Waals surface area (Å²) in [5.74, 6) is -0.588. The molecule has 0 bridgehead atoms. The molecular weight excluding hydrogens is 336 g/mol. The lowest BCUT2D eigenvalue weighted by Gasteiger charge is -2.15. The molecule has 21 heavy (non-hydrogen) atoms. The number of carbonyl (C=O) groups is 2. The first-order valence-corrected chi connectivity index (χ1v) is 7.09. The molecule has 0 aliphatic carbocycles. The van der Waals surface area contributed by atoms with Crippen LogP contribution in [0.1, 0.15) is 16.2 Å².